The van der Waals surface area contributed by atoms with Gasteiger partial charge < -0.3 is 14.8 Å². The third-order valence-electron chi connectivity index (χ3n) is 3.20. The molecule has 0 aromatic carbocycles. The molecular formula is C12H18BrNO2. The maximum Gasteiger partial charge on any atom is 0.169 e. The van der Waals surface area contributed by atoms with Crippen molar-refractivity contribution in [1.29, 1.82) is 0 Å². The fraction of sp³-hybridized carbons (Fsp3) is 0.667. The van der Waals surface area contributed by atoms with Gasteiger partial charge in [-0.3, -0.25) is 0 Å². The number of aliphatic hydroxyl groups is 1. The molecule has 1 saturated carbocycles. The average molecular weight is 288 g/mol. The molecule has 1 heterocycles. The fourth-order valence-corrected chi connectivity index (χ4v) is 2.59. The summed E-state index contributed by atoms with van der Waals surface area (Å²) >= 11 is 3.28. The first-order chi connectivity index (χ1) is 7.75. The summed E-state index contributed by atoms with van der Waals surface area (Å²) in [7, 11) is 0. The van der Waals surface area contributed by atoms with Gasteiger partial charge in [0, 0.05) is 6.54 Å². The summed E-state index contributed by atoms with van der Waals surface area (Å²) in [4.78, 5) is 0. The summed E-state index contributed by atoms with van der Waals surface area (Å²) in [6.45, 7) is 1.61. The number of rotatable bonds is 4. The van der Waals surface area contributed by atoms with E-state index in [4.69, 9.17) is 4.42 Å². The van der Waals surface area contributed by atoms with Crippen LogP contribution in [0.4, 0.5) is 0 Å². The summed E-state index contributed by atoms with van der Waals surface area (Å²) in [6, 6.07) is 3.85. The first-order valence-corrected chi connectivity index (χ1v) is 6.68. The summed E-state index contributed by atoms with van der Waals surface area (Å²) in [6.07, 6.45) is 4.39. The number of hydrogen-bond acceptors (Lipinski definition) is 3. The molecule has 0 spiro atoms. The van der Waals surface area contributed by atoms with Crippen LogP contribution in [0, 0.1) is 5.92 Å². The Labute approximate surface area is 104 Å². The van der Waals surface area contributed by atoms with Crippen molar-refractivity contribution < 1.29 is 9.52 Å². The molecule has 2 rings (SSSR count). The molecule has 1 aliphatic rings. The second kappa shape index (κ2) is 5.84. The Morgan fingerprint density at radius 2 is 2.19 bits per heavy atom. The van der Waals surface area contributed by atoms with Crippen molar-refractivity contribution in [3.63, 3.8) is 0 Å². The maximum absolute atomic E-state index is 9.80. The van der Waals surface area contributed by atoms with Gasteiger partial charge in [0.05, 0.1) is 12.6 Å². The quantitative estimate of drug-likeness (QED) is 0.895. The highest BCUT2D eigenvalue weighted by Gasteiger charge is 2.22. The standard InChI is InChI=1S/C12H18BrNO2/c13-12-6-5-10(16-12)8-14-7-9-3-1-2-4-11(9)15/h5-6,9,11,14-15H,1-4,7-8H2. The molecule has 2 unspecified atom stereocenters. The number of halogens is 1. The molecule has 3 nitrogen and oxygen atoms in total. The molecule has 1 aromatic rings. The maximum atomic E-state index is 9.80. The smallest absolute Gasteiger partial charge is 0.169 e. The van der Waals surface area contributed by atoms with Crippen LogP contribution in [-0.2, 0) is 6.54 Å². The summed E-state index contributed by atoms with van der Waals surface area (Å²) < 4.78 is 6.16. The monoisotopic (exact) mass is 287 g/mol. The van der Waals surface area contributed by atoms with Gasteiger partial charge in [-0.05, 0) is 46.8 Å². The van der Waals surface area contributed by atoms with E-state index >= 15 is 0 Å². The second-order valence-electron chi connectivity index (χ2n) is 4.45. The number of aliphatic hydroxyl groups excluding tert-OH is 1. The zero-order chi connectivity index (χ0) is 11.4. The summed E-state index contributed by atoms with van der Waals surface area (Å²) in [5, 5.41) is 13.1. The molecule has 0 saturated heterocycles. The van der Waals surface area contributed by atoms with Gasteiger partial charge in [-0.15, -0.1) is 0 Å². The van der Waals surface area contributed by atoms with Crippen LogP contribution in [0.1, 0.15) is 31.4 Å². The van der Waals surface area contributed by atoms with E-state index in [2.05, 4.69) is 21.2 Å². The van der Waals surface area contributed by atoms with Crippen molar-refractivity contribution in [3.8, 4) is 0 Å². The highest BCUT2D eigenvalue weighted by Crippen LogP contribution is 2.23. The summed E-state index contributed by atoms with van der Waals surface area (Å²) in [5.74, 6) is 1.34. The lowest BCUT2D eigenvalue weighted by molar-refractivity contribution is 0.0692. The lowest BCUT2D eigenvalue weighted by Crippen LogP contribution is -2.33. The topological polar surface area (TPSA) is 45.4 Å². The highest BCUT2D eigenvalue weighted by molar-refractivity contribution is 9.10. The van der Waals surface area contributed by atoms with Crippen molar-refractivity contribution in [2.24, 2.45) is 5.92 Å². The zero-order valence-electron chi connectivity index (χ0n) is 9.29. The molecular weight excluding hydrogens is 270 g/mol. The van der Waals surface area contributed by atoms with Gasteiger partial charge >= 0.3 is 0 Å². The van der Waals surface area contributed by atoms with Crippen molar-refractivity contribution in [1.82, 2.24) is 5.32 Å². The van der Waals surface area contributed by atoms with Gasteiger partial charge in [-0.1, -0.05) is 12.8 Å². The number of furan rings is 1. The second-order valence-corrected chi connectivity index (χ2v) is 5.23. The molecule has 1 aromatic heterocycles. The van der Waals surface area contributed by atoms with Crippen molar-refractivity contribution >= 4 is 15.9 Å². The highest BCUT2D eigenvalue weighted by atomic mass is 79.9. The van der Waals surface area contributed by atoms with E-state index in [-0.39, 0.29) is 6.10 Å². The van der Waals surface area contributed by atoms with Gasteiger partial charge in [0.15, 0.2) is 4.67 Å². The Balaban J connectivity index is 1.71. The van der Waals surface area contributed by atoms with Gasteiger partial charge in [0.1, 0.15) is 5.76 Å². The van der Waals surface area contributed by atoms with Crippen LogP contribution < -0.4 is 5.32 Å². The predicted molar refractivity (Wildman–Crippen MR) is 66.1 cm³/mol. The lowest BCUT2D eigenvalue weighted by atomic mass is 9.86. The van der Waals surface area contributed by atoms with E-state index in [9.17, 15) is 5.11 Å². The van der Waals surface area contributed by atoms with Crippen LogP contribution in [0.25, 0.3) is 0 Å². The fourth-order valence-electron chi connectivity index (χ4n) is 2.25. The van der Waals surface area contributed by atoms with Crippen LogP contribution in [0.5, 0.6) is 0 Å². The molecule has 2 atom stereocenters. The molecule has 16 heavy (non-hydrogen) atoms. The van der Waals surface area contributed by atoms with Crippen LogP contribution in [-0.4, -0.2) is 17.8 Å². The van der Waals surface area contributed by atoms with E-state index in [0.29, 0.717) is 5.92 Å². The number of nitrogens with one attached hydrogen (secondary N) is 1. The van der Waals surface area contributed by atoms with E-state index in [0.717, 1.165) is 36.4 Å². The van der Waals surface area contributed by atoms with Crippen molar-refractivity contribution in [2.45, 2.75) is 38.3 Å². The van der Waals surface area contributed by atoms with Crippen LogP contribution in [0.2, 0.25) is 0 Å². The normalized spacial score (nSPS) is 25.9. The molecule has 2 N–H and O–H groups in total. The molecule has 1 aliphatic carbocycles. The van der Waals surface area contributed by atoms with Gasteiger partial charge in [-0.2, -0.15) is 0 Å². The zero-order valence-corrected chi connectivity index (χ0v) is 10.9. The Bertz CT molecular complexity index is 327. The molecule has 0 radical (unpaired) electrons. The Morgan fingerprint density at radius 1 is 1.38 bits per heavy atom. The van der Waals surface area contributed by atoms with E-state index in [1.165, 1.54) is 12.8 Å². The minimum absolute atomic E-state index is 0.121. The van der Waals surface area contributed by atoms with E-state index in [1.807, 2.05) is 12.1 Å². The van der Waals surface area contributed by atoms with Gasteiger partial charge in [0.25, 0.3) is 0 Å². The molecule has 4 heteroatoms. The van der Waals surface area contributed by atoms with Crippen LogP contribution in [0.15, 0.2) is 21.2 Å². The Morgan fingerprint density at radius 3 is 2.88 bits per heavy atom. The largest absolute Gasteiger partial charge is 0.453 e. The van der Waals surface area contributed by atoms with E-state index in [1.54, 1.807) is 0 Å². The minimum atomic E-state index is -0.121. The molecule has 0 aliphatic heterocycles. The number of hydrogen-bond donors (Lipinski definition) is 2. The van der Waals surface area contributed by atoms with Crippen LogP contribution in [0.3, 0.4) is 0 Å². The van der Waals surface area contributed by atoms with Crippen molar-refractivity contribution in [2.75, 3.05) is 6.54 Å². The molecule has 1 fully saturated rings. The first kappa shape index (κ1) is 12.1. The predicted octanol–water partition coefficient (Wildman–Crippen LogP) is 2.68. The third-order valence-corrected chi connectivity index (χ3v) is 3.63. The minimum Gasteiger partial charge on any atom is -0.453 e. The van der Waals surface area contributed by atoms with Gasteiger partial charge in [0.2, 0.25) is 0 Å². The van der Waals surface area contributed by atoms with E-state index < -0.39 is 0 Å². The van der Waals surface area contributed by atoms with Gasteiger partial charge in [-0.25, -0.2) is 0 Å². The Hall–Kier alpha value is -0.320. The summed E-state index contributed by atoms with van der Waals surface area (Å²) in [5.41, 5.74) is 0. The first-order valence-electron chi connectivity index (χ1n) is 5.88. The SMILES string of the molecule is OC1CCCCC1CNCc1ccc(Br)o1. The Kier molecular flexibility index (Phi) is 4.44. The molecule has 0 amide bonds. The third kappa shape index (κ3) is 3.34. The van der Waals surface area contributed by atoms with Crippen molar-refractivity contribution in [3.05, 3.63) is 22.6 Å². The van der Waals surface area contributed by atoms with Crippen LogP contribution >= 0.6 is 15.9 Å². The molecule has 0 bridgehead atoms. The lowest BCUT2D eigenvalue weighted by Gasteiger charge is -2.27. The average Bonchev–Trinajstić information content (AvgIpc) is 2.67. The molecule has 90 valence electrons.